The van der Waals surface area contributed by atoms with E-state index in [0.717, 1.165) is 14.9 Å². The van der Waals surface area contributed by atoms with Gasteiger partial charge in [-0.2, -0.15) is 0 Å². The normalized spacial score (nSPS) is 10.5. The maximum absolute atomic E-state index is 11.7. The van der Waals surface area contributed by atoms with Crippen LogP contribution in [0.2, 0.25) is 0 Å². The molecule has 0 spiro atoms. The first-order chi connectivity index (χ1) is 9.02. The molecule has 0 aliphatic heterocycles. The summed E-state index contributed by atoms with van der Waals surface area (Å²) in [4.78, 5) is 13.2. The van der Waals surface area contributed by atoms with Gasteiger partial charge in [0.05, 0.1) is 12.3 Å². The van der Waals surface area contributed by atoms with Crippen LogP contribution in [0.3, 0.4) is 0 Å². The van der Waals surface area contributed by atoms with E-state index in [2.05, 4.69) is 15.9 Å². The van der Waals surface area contributed by atoms with Crippen LogP contribution in [0.1, 0.15) is 22.2 Å². The Labute approximate surface area is 124 Å². The zero-order valence-electron chi connectivity index (χ0n) is 10.7. The molecule has 0 aliphatic carbocycles. The highest BCUT2D eigenvalue weighted by Gasteiger charge is 2.17. The molecule has 2 N–H and O–H groups in total. The number of aryl methyl sites for hydroxylation is 1. The second-order valence-corrected chi connectivity index (χ2v) is 6.01. The average Bonchev–Trinajstić information content (AvgIpc) is 2.71. The van der Waals surface area contributed by atoms with Crippen LogP contribution in [-0.2, 0) is 4.74 Å². The average molecular weight is 340 g/mol. The summed E-state index contributed by atoms with van der Waals surface area (Å²) in [5, 5.41) is 0. The summed E-state index contributed by atoms with van der Waals surface area (Å²) < 4.78 is 5.98. The number of carbonyl (C=O) groups is 1. The van der Waals surface area contributed by atoms with E-state index in [1.54, 1.807) is 6.92 Å². The number of ether oxygens (including phenoxy) is 1. The number of rotatable bonds is 3. The minimum absolute atomic E-state index is 0.347. The fraction of sp³-hybridized carbons (Fsp3) is 0.214. The van der Waals surface area contributed by atoms with E-state index in [1.807, 2.05) is 31.2 Å². The predicted octanol–water partition coefficient (Wildman–Crippen LogP) is 4.24. The van der Waals surface area contributed by atoms with Crippen LogP contribution in [-0.4, -0.2) is 12.6 Å². The van der Waals surface area contributed by atoms with Gasteiger partial charge in [0.15, 0.2) is 0 Å². The number of carbonyl (C=O) groups excluding carboxylic acids is 1. The van der Waals surface area contributed by atoms with Crippen LogP contribution in [0.15, 0.2) is 28.7 Å². The highest BCUT2D eigenvalue weighted by atomic mass is 79.9. The van der Waals surface area contributed by atoms with Crippen molar-refractivity contribution in [3.63, 3.8) is 0 Å². The minimum atomic E-state index is -0.362. The largest absolute Gasteiger partial charge is 0.462 e. The second kappa shape index (κ2) is 5.75. The first-order valence-electron chi connectivity index (χ1n) is 5.86. The van der Waals surface area contributed by atoms with E-state index in [9.17, 15) is 4.79 Å². The first kappa shape index (κ1) is 14.1. The molecule has 0 radical (unpaired) electrons. The molecular weight excluding hydrogens is 326 g/mol. The van der Waals surface area contributed by atoms with Crippen LogP contribution < -0.4 is 5.73 Å². The summed E-state index contributed by atoms with van der Waals surface area (Å²) in [7, 11) is 0. The number of benzene rings is 1. The van der Waals surface area contributed by atoms with E-state index < -0.39 is 0 Å². The minimum Gasteiger partial charge on any atom is -0.462 e. The smallest absolute Gasteiger partial charge is 0.350 e. The zero-order chi connectivity index (χ0) is 14.0. The number of hydrogen-bond acceptors (Lipinski definition) is 4. The molecular formula is C14H14BrNO2S. The Morgan fingerprint density at radius 2 is 2.16 bits per heavy atom. The second-order valence-electron chi connectivity index (χ2n) is 4.10. The van der Waals surface area contributed by atoms with E-state index in [-0.39, 0.29) is 5.97 Å². The summed E-state index contributed by atoms with van der Waals surface area (Å²) in [6, 6.07) is 7.89. The summed E-state index contributed by atoms with van der Waals surface area (Å²) in [5.41, 5.74) is 8.55. The van der Waals surface area contributed by atoms with Crippen LogP contribution in [0.25, 0.3) is 10.4 Å². The Morgan fingerprint density at radius 3 is 2.79 bits per heavy atom. The summed E-state index contributed by atoms with van der Waals surface area (Å²) in [6.45, 7) is 4.15. The highest BCUT2D eigenvalue weighted by Crippen LogP contribution is 2.37. The third-order valence-electron chi connectivity index (χ3n) is 2.61. The number of anilines is 1. The molecule has 5 heteroatoms. The van der Waals surface area contributed by atoms with Crippen LogP contribution in [0.5, 0.6) is 0 Å². The maximum Gasteiger partial charge on any atom is 0.350 e. The third-order valence-corrected chi connectivity index (χ3v) is 4.43. The summed E-state index contributed by atoms with van der Waals surface area (Å²) in [5.74, 6) is -0.362. The molecule has 19 heavy (non-hydrogen) atoms. The number of esters is 1. The molecule has 1 aromatic heterocycles. The summed E-state index contributed by atoms with van der Waals surface area (Å²) in [6.07, 6.45) is 0. The number of thiophene rings is 1. The molecule has 2 rings (SSSR count). The third kappa shape index (κ3) is 2.98. The molecule has 0 unspecified atom stereocenters. The van der Waals surface area contributed by atoms with Gasteiger partial charge in [0.1, 0.15) is 4.88 Å². The predicted molar refractivity (Wildman–Crippen MR) is 82.6 cm³/mol. The molecule has 100 valence electrons. The van der Waals surface area contributed by atoms with E-state index in [0.29, 0.717) is 17.2 Å². The van der Waals surface area contributed by atoms with Crippen LogP contribution in [0, 0.1) is 6.92 Å². The van der Waals surface area contributed by atoms with Crippen LogP contribution in [0.4, 0.5) is 5.69 Å². The van der Waals surface area contributed by atoms with Crippen molar-refractivity contribution in [3.8, 4) is 10.4 Å². The number of halogens is 1. The Morgan fingerprint density at radius 1 is 1.42 bits per heavy atom. The summed E-state index contributed by atoms with van der Waals surface area (Å²) >= 11 is 4.89. The SMILES string of the molecule is CCOC(=O)c1sc(-c2ccc(C)cc2Br)cc1N. The molecule has 0 aliphatic rings. The van der Waals surface area contributed by atoms with E-state index in [1.165, 1.54) is 16.9 Å². The molecule has 0 amide bonds. The van der Waals surface area contributed by atoms with Gasteiger partial charge < -0.3 is 10.5 Å². The van der Waals surface area contributed by atoms with Crippen molar-refractivity contribution >= 4 is 38.9 Å². The lowest BCUT2D eigenvalue weighted by atomic mass is 10.1. The molecule has 1 heterocycles. The Bertz CT molecular complexity index is 622. The van der Waals surface area contributed by atoms with Gasteiger partial charge in [0, 0.05) is 14.9 Å². The van der Waals surface area contributed by atoms with Crippen molar-refractivity contribution in [1.82, 2.24) is 0 Å². The molecule has 1 aromatic carbocycles. The lowest BCUT2D eigenvalue weighted by Crippen LogP contribution is -2.04. The van der Waals surface area contributed by atoms with Gasteiger partial charge in [-0.05, 0) is 31.5 Å². The van der Waals surface area contributed by atoms with Gasteiger partial charge in [-0.25, -0.2) is 4.79 Å². The number of nitrogen functional groups attached to an aromatic ring is 1. The fourth-order valence-corrected chi connectivity index (χ4v) is 3.56. The van der Waals surface area contributed by atoms with Crippen molar-refractivity contribution < 1.29 is 9.53 Å². The van der Waals surface area contributed by atoms with Gasteiger partial charge in [-0.1, -0.05) is 28.1 Å². The first-order valence-corrected chi connectivity index (χ1v) is 7.46. The lowest BCUT2D eigenvalue weighted by Gasteiger charge is -2.02. The molecule has 3 nitrogen and oxygen atoms in total. The number of nitrogens with two attached hydrogens (primary N) is 1. The van der Waals surface area contributed by atoms with Gasteiger partial charge in [0.2, 0.25) is 0 Å². The molecule has 0 atom stereocenters. The van der Waals surface area contributed by atoms with E-state index in [4.69, 9.17) is 10.5 Å². The monoisotopic (exact) mass is 339 g/mol. The van der Waals surface area contributed by atoms with Gasteiger partial charge in [-0.3, -0.25) is 0 Å². The molecule has 0 saturated carbocycles. The van der Waals surface area contributed by atoms with Gasteiger partial charge in [0.25, 0.3) is 0 Å². The van der Waals surface area contributed by atoms with Crippen molar-refractivity contribution in [2.45, 2.75) is 13.8 Å². The standard InChI is InChI=1S/C14H14BrNO2S/c1-3-18-14(17)13-11(16)7-12(19-13)9-5-4-8(2)6-10(9)15/h4-7H,3,16H2,1-2H3. The molecule has 0 saturated heterocycles. The molecule has 0 fully saturated rings. The Kier molecular flexibility index (Phi) is 4.27. The molecule has 0 bridgehead atoms. The van der Waals surface area contributed by atoms with Crippen molar-refractivity contribution in [2.75, 3.05) is 12.3 Å². The number of hydrogen-bond donors (Lipinski definition) is 1. The Hall–Kier alpha value is -1.33. The van der Waals surface area contributed by atoms with Crippen molar-refractivity contribution in [1.29, 1.82) is 0 Å². The highest BCUT2D eigenvalue weighted by molar-refractivity contribution is 9.10. The quantitative estimate of drug-likeness (QED) is 0.850. The molecule has 2 aromatic rings. The van der Waals surface area contributed by atoms with Crippen molar-refractivity contribution in [2.24, 2.45) is 0 Å². The van der Waals surface area contributed by atoms with Crippen molar-refractivity contribution in [3.05, 3.63) is 39.2 Å². The zero-order valence-corrected chi connectivity index (χ0v) is 13.1. The van der Waals surface area contributed by atoms with Gasteiger partial charge in [-0.15, -0.1) is 11.3 Å². The topological polar surface area (TPSA) is 52.3 Å². The lowest BCUT2D eigenvalue weighted by molar-refractivity contribution is 0.0533. The fourth-order valence-electron chi connectivity index (χ4n) is 1.71. The van der Waals surface area contributed by atoms with Crippen LogP contribution >= 0.6 is 27.3 Å². The van der Waals surface area contributed by atoms with E-state index >= 15 is 0 Å². The van der Waals surface area contributed by atoms with Gasteiger partial charge >= 0.3 is 5.97 Å². The Balaban J connectivity index is 2.42. The maximum atomic E-state index is 11.7.